The average molecular weight is 328 g/mol. The molecule has 1 heterocycles. The molecule has 0 amide bonds. The van der Waals surface area contributed by atoms with Crippen LogP contribution < -0.4 is 4.74 Å². The highest BCUT2D eigenvalue weighted by molar-refractivity contribution is 8.00. The molecule has 0 bridgehead atoms. The number of benzene rings is 2. The van der Waals surface area contributed by atoms with Crippen molar-refractivity contribution in [1.82, 2.24) is 0 Å². The Hall–Kier alpha value is -2.40. The van der Waals surface area contributed by atoms with E-state index in [0.29, 0.717) is 5.76 Å². The van der Waals surface area contributed by atoms with E-state index in [1.165, 1.54) is 11.8 Å². The number of carbonyl (C=O) groups is 1. The number of rotatable bonds is 6. The fourth-order valence-electron chi connectivity index (χ4n) is 2.12. The number of hydrogen-bond donors (Lipinski definition) is 0. The van der Waals surface area contributed by atoms with Gasteiger partial charge in [0.25, 0.3) is 0 Å². The number of thioether (sulfide) groups is 1. The number of furan rings is 1. The second kappa shape index (κ2) is 7.24. The van der Waals surface area contributed by atoms with Crippen molar-refractivity contribution in [2.45, 2.75) is 11.5 Å². The molecule has 0 radical (unpaired) electrons. The first kappa shape index (κ1) is 15.5. The van der Waals surface area contributed by atoms with Crippen LogP contribution in [0.2, 0.25) is 0 Å². The molecule has 0 unspecified atom stereocenters. The third-order valence-electron chi connectivity index (χ3n) is 3.27. The molecule has 3 aromatic rings. The Kier molecular flexibility index (Phi) is 4.88. The normalized spacial score (nSPS) is 10.7. The van der Waals surface area contributed by atoms with Gasteiger partial charge in [-0.1, -0.05) is 18.2 Å². The predicted octanol–water partition coefficient (Wildman–Crippen LogP) is 4.28. The molecule has 0 aliphatic rings. The number of esters is 1. The van der Waals surface area contributed by atoms with Crippen molar-refractivity contribution in [1.29, 1.82) is 0 Å². The first-order chi connectivity index (χ1) is 11.2. The standard InChI is InChI=1S/C18H16O4S/c1-20-14-6-8-16(9-7-14)23-12-18(19)21-11-15-10-13-4-2-3-5-17(13)22-15/h2-10H,11-12H2,1H3. The minimum absolute atomic E-state index is 0.149. The summed E-state index contributed by atoms with van der Waals surface area (Å²) in [5, 5.41) is 1.01. The van der Waals surface area contributed by atoms with Crippen LogP contribution in [0.1, 0.15) is 5.76 Å². The van der Waals surface area contributed by atoms with E-state index >= 15 is 0 Å². The number of para-hydroxylation sites is 1. The number of fused-ring (bicyclic) bond motifs is 1. The molecule has 2 aromatic carbocycles. The fourth-order valence-corrected chi connectivity index (χ4v) is 2.81. The maximum absolute atomic E-state index is 11.8. The Morgan fingerprint density at radius 1 is 1.13 bits per heavy atom. The highest BCUT2D eigenvalue weighted by Gasteiger charge is 2.08. The molecule has 0 aliphatic heterocycles. The van der Waals surface area contributed by atoms with Gasteiger partial charge >= 0.3 is 5.97 Å². The summed E-state index contributed by atoms with van der Waals surface area (Å²) in [7, 11) is 1.62. The highest BCUT2D eigenvalue weighted by Crippen LogP contribution is 2.22. The quantitative estimate of drug-likeness (QED) is 0.499. The van der Waals surface area contributed by atoms with Gasteiger partial charge < -0.3 is 13.9 Å². The van der Waals surface area contributed by atoms with Gasteiger partial charge in [-0.3, -0.25) is 4.79 Å². The molecule has 4 nitrogen and oxygen atoms in total. The van der Waals surface area contributed by atoms with Gasteiger partial charge in [0.05, 0.1) is 12.9 Å². The van der Waals surface area contributed by atoms with E-state index in [-0.39, 0.29) is 18.3 Å². The van der Waals surface area contributed by atoms with Gasteiger partial charge in [-0.15, -0.1) is 11.8 Å². The summed E-state index contributed by atoms with van der Waals surface area (Å²) in [6.07, 6.45) is 0. The van der Waals surface area contributed by atoms with Crippen molar-refractivity contribution < 1.29 is 18.7 Å². The number of methoxy groups -OCH3 is 1. The second-order valence-electron chi connectivity index (χ2n) is 4.88. The van der Waals surface area contributed by atoms with Crippen molar-refractivity contribution in [3.05, 3.63) is 60.4 Å². The van der Waals surface area contributed by atoms with E-state index in [0.717, 1.165) is 21.6 Å². The summed E-state index contributed by atoms with van der Waals surface area (Å²) >= 11 is 1.43. The zero-order valence-electron chi connectivity index (χ0n) is 12.7. The van der Waals surface area contributed by atoms with Gasteiger partial charge in [-0.2, -0.15) is 0 Å². The van der Waals surface area contributed by atoms with E-state index in [1.54, 1.807) is 7.11 Å². The molecule has 0 spiro atoms. The molecular formula is C18H16O4S. The van der Waals surface area contributed by atoms with Gasteiger partial charge in [0, 0.05) is 10.3 Å². The maximum atomic E-state index is 11.8. The van der Waals surface area contributed by atoms with Crippen LogP contribution in [0, 0.1) is 0 Å². The third kappa shape index (κ3) is 4.07. The van der Waals surface area contributed by atoms with E-state index in [9.17, 15) is 4.79 Å². The molecule has 23 heavy (non-hydrogen) atoms. The number of ether oxygens (including phenoxy) is 2. The lowest BCUT2D eigenvalue weighted by Gasteiger charge is -2.04. The van der Waals surface area contributed by atoms with Gasteiger partial charge in [-0.05, 0) is 36.4 Å². The number of hydrogen-bond acceptors (Lipinski definition) is 5. The van der Waals surface area contributed by atoms with Crippen molar-refractivity contribution in [3.8, 4) is 5.75 Å². The molecule has 1 aromatic heterocycles. The molecule has 0 fully saturated rings. The van der Waals surface area contributed by atoms with Gasteiger partial charge in [0.1, 0.15) is 23.7 Å². The summed E-state index contributed by atoms with van der Waals surface area (Å²) in [6.45, 7) is 0.149. The molecule has 0 saturated carbocycles. The van der Waals surface area contributed by atoms with Crippen LogP contribution in [-0.2, 0) is 16.1 Å². The zero-order chi connectivity index (χ0) is 16.1. The summed E-state index contributed by atoms with van der Waals surface area (Å²) in [5.74, 6) is 1.43. The Morgan fingerprint density at radius 2 is 1.91 bits per heavy atom. The lowest BCUT2D eigenvalue weighted by atomic mass is 10.2. The molecule has 0 aliphatic carbocycles. The smallest absolute Gasteiger partial charge is 0.316 e. The Labute approximate surface area is 138 Å². The Balaban J connectivity index is 1.49. The lowest BCUT2D eigenvalue weighted by molar-refractivity contribution is -0.142. The van der Waals surface area contributed by atoms with Crippen molar-refractivity contribution in [2.75, 3.05) is 12.9 Å². The van der Waals surface area contributed by atoms with Crippen LogP contribution in [0.15, 0.2) is 63.9 Å². The summed E-state index contributed by atoms with van der Waals surface area (Å²) in [4.78, 5) is 12.8. The van der Waals surface area contributed by atoms with Gasteiger partial charge in [0.15, 0.2) is 0 Å². The van der Waals surface area contributed by atoms with Crippen LogP contribution in [0.4, 0.5) is 0 Å². The van der Waals surface area contributed by atoms with E-state index in [4.69, 9.17) is 13.9 Å². The fraction of sp³-hybridized carbons (Fsp3) is 0.167. The molecule has 0 N–H and O–H groups in total. The Morgan fingerprint density at radius 3 is 2.65 bits per heavy atom. The van der Waals surface area contributed by atoms with Crippen LogP contribution in [-0.4, -0.2) is 18.8 Å². The minimum atomic E-state index is -0.272. The largest absolute Gasteiger partial charge is 0.497 e. The lowest BCUT2D eigenvalue weighted by Crippen LogP contribution is -2.06. The summed E-state index contributed by atoms with van der Waals surface area (Å²) in [6, 6.07) is 17.1. The van der Waals surface area contributed by atoms with Crippen molar-refractivity contribution in [2.24, 2.45) is 0 Å². The molecule has 3 rings (SSSR count). The minimum Gasteiger partial charge on any atom is -0.497 e. The maximum Gasteiger partial charge on any atom is 0.316 e. The van der Waals surface area contributed by atoms with Crippen molar-refractivity contribution in [3.63, 3.8) is 0 Å². The van der Waals surface area contributed by atoms with Crippen LogP contribution in [0.5, 0.6) is 5.75 Å². The first-order valence-corrected chi connectivity index (χ1v) is 8.13. The van der Waals surface area contributed by atoms with E-state index < -0.39 is 0 Å². The monoisotopic (exact) mass is 328 g/mol. The average Bonchev–Trinajstić information content (AvgIpc) is 3.01. The van der Waals surface area contributed by atoms with Crippen LogP contribution in [0.25, 0.3) is 11.0 Å². The third-order valence-corrected chi connectivity index (χ3v) is 4.25. The summed E-state index contributed by atoms with van der Waals surface area (Å²) < 4.78 is 16.0. The van der Waals surface area contributed by atoms with E-state index in [2.05, 4.69) is 0 Å². The second-order valence-corrected chi connectivity index (χ2v) is 5.92. The molecule has 0 atom stereocenters. The molecule has 0 saturated heterocycles. The Bertz CT molecular complexity index is 759. The first-order valence-electron chi connectivity index (χ1n) is 7.14. The molecule has 118 valence electrons. The van der Waals surface area contributed by atoms with Crippen molar-refractivity contribution >= 4 is 28.7 Å². The highest BCUT2D eigenvalue weighted by atomic mass is 32.2. The van der Waals surface area contributed by atoms with Crippen LogP contribution in [0.3, 0.4) is 0 Å². The van der Waals surface area contributed by atoms with Crippen LogP contribution >= 0.6 is 11.8 Å². The zero-order valence-corrected chi connectivity index (χ0v) is 13.5. The predicted molar refractivity (Wildman–Crippen MR) is 89.7 cm³/mol. The summed E-state index contributed by atoms with van der Waals surface area (Å²) in [5.41, 5.74) is 0.797. The topological polar surface area (TPSA) is 48.7 Å². The molecule has 5 heteroatoms. The molecular weight excluding hydrogens is 312 g/mol. The van der Waals surface area contributed by atoms with Gasteiger partial charge in [0.2, 0.25) is 0 Å². The number of carbonyl (C=O) groups excluding carboxylic acids is 1. The van der Waals surface area contributed by atoms with Gasteiger partial charge in [-0.25, -0.2) is 0 Å². The SMILES string of the molecule is COc1ccc(SCC(=O)OCc2cc3ccccc3o2)cc1. The van der Waals surface area contributed by atoms with E-state index in [1.807, 2.05) is 54.6 Å².